The highest BCUT2D eigenvalue weighted by molar-refractivity contribution is 7.17. The second-order valence-corrected chi connectivity index (χ2v) is 6.78. The number of amides is 1. The largest absolute Gasteiger partial charge is 0.360 e. The summed E-state index contributed by atoms with van der Waals surface area (Å²) in [5.41, 5.74) is 0. The number of nitrogens with zero attached hydrogens (tertiary/aromatic N) is 3. The van der Waals surface area contributed by atoms with Crippen molar-refractivity contribution >= 4 is 22.4 Å². The second-order valence-electron chi connectivity index (χ2n) is 5.81. The van der Waals surface area contributed by atoms with Crippen LogP contribution in [0.15, 0.2) is 0 Å². The van der Waals surface area contributed by atoms with Gasteiger partial charge in [0.05, 0.1) is 0 Å². The molecular weight excluding hydrogens is 286 g/mol. The van der Waals surface area contributed by atoms with Crippen molar-refractivity contribution in [2.75, 3.05) is 25.0 Å². The minimum atomic E-state index is -0.0746. The number of nitrogens with one attached hydrogen (secondary N) is 2. The second kappa shape index (κ2) is 6.70. The number of aromatic nitrogens is 2. The minimum Gasteiger partial charge on any atom is -0.360 e. The fourth-order valence-corrected chi connectivity index (χ4v) is 3.94. The van der Waals surface area contributed by atoms with Crippen LogP contribution in [0.1, 0.15) is 48.8 Å². The number of piperidine rings is 1. The molecule has 1 amide bonds. The van der Waals surface area contributed by atoms with Crippen molar-refractivity contribution in [2.24, 2.45) is 0 Å². The van der Waals surface area contributed by atoms with Gasteiger partial charge in [-0.25, -0.2) is 0 Å². The summed E-state index contributed by atoms with van der Waals surface area (Å²) in [6, 6.07) is 0.794. The number of anilines is 1. The molecule has 2 fully saturated rings. The van der Waals surface area contributed by atoms with Crippen molar-refractivity contribution in [1.82, 2.24) is 20.4 Å². The first kappa shape index (κ1) is 14.7. The van der Waals surface area contributed by atoms with E-state index in [1.807, 2.05) is 0 Å². The van der Waals surface area contributed by atoms with Crippen LogP contribution in [0.2, 0.25) is 0 Å². The Morgan fingerprint density at radius 2 is 2.24 bits per heavy atom. The van der Waals surface area contributed by atoms with Gasteiger partial charge in [-0.2, -0.15) is 0 Å². The van der Waals surface area contributed by atoms with E-state index < -0.39 is 0 Å². The topological polar surface area (TPSA) is 70.1 Å². The lowest BCUT2D eigenvalue weighted by atomic mass is 9.99. The van der Waals surface area contributed by atoms with E-state index in [0.29, 0.717) is 11.0 Å². The molecule has 2 atom stereocenters. The van der Waals surface area contributed by atoms with E-state index in [-0.39, 0.29) is 11.9 Å². The molecule has 2 aliphatic heterocycles. The average molecular weight is 309 g/mol. The molecule has 2 unspecified atom stereocenters. The quantitative estimate of drug-likeness (QED) is 0.866. The Balaban J connectivity index is 1.57. The number of rotatable bonds is 5. The third-order valence-corrected chi connectivity index (χ3v) is 5.20. The first-order chi connectivity index (χ1) is 10.3. The standard InChI is InChI=1S/C14H23N5OS/c1-2-7-15-14-18-17-13(21-14)12(20)16-10-6-9-19-8-4-3-5-11(10)19/h10-11H,2-9H2,1H3,(H,15,18)(H,16,20). The third-order valence-electron chi connectivity index (χ3n) is 4.32. The summed E-state index contributed by atoms with van der Waals surface area (Å²) in [4.78, 5) is 14.8. The molecule has 0 aromatic carbocycles. The van der Waals surface area contributed by atoms with Crippen LogP contribution >= 0.6 is 11.3 Å². The molecule has 6 nitrogen and oxygen atoms in total. The zero-order valence-electron chi connectivity index (χ0n) is 12.5. The molecule has 0 bridgehead atoms. The lowest BCUT2D eigenvalue weighted by molar-refractivity contribution is 0.0914. The maximum atomic E-state index is 12.3. The fraction of sp³-hybridized carbons (Fsp3) is 0.786. The van der Waals surface area contributed by atoms with Crippen molar-refractivity contribution in [3.05, 3.63) is 5.01 Å². The predicted molar refractivity (Wildman–Crippen MR) is 83.8 cm³/mol. The molecule has 0 radical (unpaired) electrons. The van der Waals surface area contributed by atoms with E-state index in [1.165, 1.54) is 37.1 Å². The molecular formula is C14H23N5OS. The molecule has 0 aliphatic carbocycles. The fourth-order valence-electron chi connectivity index (χ4n) is 3.26. The Morgan fingerprint density at radius 1 is 1.33 bits per heavy atom. The van der Waals surface area contributed by atoms with Crippen LogP contribution in [-0.2, 0) is 0 Å². The SMILES string of the molecule is CCCNc1nnc(C(=O)NC2CCN3CCCCC23)s1. The van der Waals surface area contributed by atoms with Crippen molar-refractivity contribution in [2.45, 2.75) is 51.1 Å². The molecule has 2 aliphatic rings. The van der Waals surface area contributed by atoms with Crippen LogP contribution in [0.4, 0.5) is 5.13 Å². The molecule has 3 heterocycles. The van der Waals surface area contributed by atoms with Crippen molar-refractivity contribution in [3.63, 3.8) is 0 Å². The summed E-state index contributed by atoms with van der Waals surface area (Å²) in [6.45, 7) is 5.24. The Bertz CT molecular complexity index is 491. The van der Waals surface area contributed by atoms with E-state index in [0.717, 1.165) is 31.1 Å². The first-order valence-electron chi connectivity index (χ1n) is 7.90. The summed E-state index contributed by atoms with van der Waals surface area (Å²) >= 11 is 1.33. The number of hydrogen-bond acceptors (Lipinski definition) is 6. The molecule has 1 aromatic rings. The molecule has 21 heavy (non-hydrogen) atoms. The van der Waals surface area contributed by atoms with Gasteiger partial charge in [0, 0.05) is 25.2 Å². The van der Waals surface area contributed by atoms with Gasteiger partial charge in [0.2, 0.25) is 10.1 Å². The molecule has 116 valence electrons. The third kappa shape index (κ3) is 3.35. The van der Waals surface area contributed by atoms with Gasteiger partial charge in [-0.05, 0) is 32.2 Å². The summed E-state index contributed by atoms with van der Waals surface area (Å²) in [7, 11) is 0. The Morgan fingerprint density at radius 3 is 3.10 bits per heavy atom. The average Bonchev–Trinajstić information content (AvgIpc) is 3.13. The Labute approximate surface area is 129 Å². The Kier molecular flexibility index (Phi) is 4.70. The number of carbonyl (C=O) groups is 1. The van der Waals surface area contributed by atoms with Crippen LogP contribution < -0.4 is 10.6 Å². The summed E-state index contributed by atoms with van der Waals surface area (Å²) in [6.07, 6.45) is 5.85. The van der Waals surface area contributed by atoms with Gasteiger partial charge in [0.1, 0.15) is 0 Å². The van der Waals surface area contributed by atoms with E-state index in [9.17, 15) is 4.79 Å². The number of carbonyl (C=O) groups excluding carboxylic acids is 1. The van der Waals surface area contributed by atoms with Gasteiger partial charge < -0.3 is 10.6 Å². The van der Waals surface area contributed by atoms with Gasteiger partial charge in [0.25, 0.3) is 5.91 Å². The van der Waals surface area contributed by atoms with Crippen LogP contribution in [0.3, 0.4) is 0 Å². The first-order valence-corrected chi connectivity index (χ1v) is 8.72. The minimum absolute atomic E-state index is 0.0746. The zero-order valence-corrected chi connectivity index (χ0v) is 13.3. The van der Waals surface area contributed by atoms with E-state index in [2.05, 4.69) is 32.7 Å². The van der Waals surface area contributed by atoms with E-state index >= 15 is 0 Å². The zero-order chi connectivity index (χ0) is 14.7. The molecule has 0 saturated carbocycles. The van der Waals surface area contributed by atoms with E-state index in [1.54, 1.807) is 0 Å². The van der Waals surface area contributed by atoms with Gasteiger partial charge in [-0.15, -0.1) is 10.2 Å². The molecule has 1 aromatic heterocycles. The highest BCUT2D eigenvalue weighted by Gasteiger charge is 2.36. The van der Waals surface area contributed by atoms with Crippen LogP contribution in [0, 0.1) is 0 Å². The lowest BCUT2D eigenvalue weighted by Crippen LogP contribution is -2.46. The monoisotopic (exact) mass is 309 g/mol. The van der Waals surface area contributed by atoms with Crippen LogP contribution in [0.5, 0.6) is 0 Å². The van der Waals surface area contributed by atoms with Gasteiger partial charge >= 0.3 is 0 Å². The molecule has 3 rings (SSSR count). The Hall–Kier alpha value is -1.21. The highest BCUT2D eigenvalue weighted by atomic mass is 32.1. The van der Waals surface area contributed by atoms with Gasteiger partial charge in [-0.1, -0.05) is 24.7 Å². The van der Waals surface area contributed by atoms with Gasteiger partial charge in [-0.3, -0.25) is 9.69 Å². The normalized spacial score (nSPS) is 25.6. The number of fused-ring (bicyclic) bond motifs is 1. The molecule has 0 spiro atoms. The number of hydrogen-bond donors (Lipinski definition) is 2. The van der Waals surface area contributed by atoms with Crippen molar-refractivity contribution in [3.8, 4) is 0 Å². The smallest absolute Gasteiger partial charge is 0.282 e. The maximum absolute atomic E-state index is 12.3. The molecule has 2 N–H and O–H groups in total. The summed E-state index contributed by atoms with van der Waals surface area (Å²) in [5, 5.41) is 15.5. The summed E-state index contributed by atoms with van der Waals surface area (Å²) < 4.78 is 0. The van der Waals surface area contributed by atoms with Crippen LogP contribution in [0.25, 0.3) is 0 Å². The van der Waals surface area contributed by atoms with Gasteiger partial charge in [0.15, 0.2) is 0 Å². The summed E-state index contributed by atoms with van der Waals surface area (Å²) in [5.74, 6) is -0.0746. The molecule has 2 saturated heterocycles. The van der Waals surface area contributed by atoms with E-state index in [4.69, 9.17) is 0 Å². The predicted octanol–water partition coefficient (Wildman–Crippen LogP) is 1.72. The highest BCUT2D eigenvalue weighted by Crippen LogP contribution is 2.27. The maximum Gasteiger partial charge on any atom is 0.282 e. The van der Waals surface area contributed by atoms with Crippen molar-refractivity contribution < 1.29 is 4.79 Å². The van der Waals surface area contributed by atoms with Crippen molar-refractivity contribution in [1.29, 1.82) is 0 Å². The lowest BCUT2D eigenvalue weighted by Gasteiger charge is -2.32. The molecule has 7 heteroatoms. The van der Waals surface area contributed by atoms with Crippen LogP contribution in [-0.4, -0.2) is 52.7 Å².